The van der Waals surface area contributed by atoms with E-state index in [4.69, 9.17) is 0 Å². The molecule has 0 fully saturated rings. The molecule has 0 aromatic heterocycles. The molecule has 0 radical (unpaired) electrons. The van der Waals surface area contributed by atoms with E-state index >= 15 is 0 Å². The van der Waals surface area contributed by atoms with E-state index in [-0.39, 0.29) is 11.9 Å². The molecule has 0 aliphatic rings. The highest BCUT2D eigenvalue weighted by atomic mass is 79.9. The number of carbonyl (C=O) groups excluding carboxylic acids is 1. The smallest absolute Gasteiger partial charge is 0.252 e. The standard InChI is InChI=1S/C15H13Br2NO/c1-10(11-6-8-12(16)9-7-11)18-15(19)13-4-2-3-5-14(13)17/h2-10H,1H3,(H,18,19)/t10-/m0/s1. The van der Waals surface area contributed by atoms with E-state index in [1.54, 1.807) is 6.07 Å². The molecule has 2 nitrogen and oxygen atoms in total. The summed E-state index contributed by atoms with van der Waals surface area (Å²) in [5.74, 6) is -0.0807. The first-order valence-electron chi connectivity index (χ1n) is 5.89. The molecule has 0 bridgehead atoms. The van der Waals surface area contributed by atoms with Crippen LogP contribution >= 0.6 is 31.9 Å². The summed E-state index contributed by atoms with van der Waals surface area (Å²) in [6, 6.07) is 15.3. The minimum Gasteiger partial charge on any atom is -0.345 e. The topological polar surface area (TPSA) is 29.1 Å². The Morgan fingerprint density at radius 1 is 1.05 bits per heavy atom. The van der Waals surface area contributed by atoms with E-state index in [0.29, 0.717) is 5.56 Å². The van der Waals surface area contributed by atoms with Crippen LogP contribution in [-0.4, -0.2) is 5.91 Å². The number of rotatable bonds is 3. The third kappa shape index (κ3) is 3.67. The van der Waals surface area contributed by atoms with E-state index in [1.165, 1.54) is 0 Å². The second-order valence-corrected chi connectivity index (χ2v) is 6.00. The van der Waals surface area contributed by atoms with Crippen molar-refractivity contribution in [2.24, 2.45) is 0 Å². The molecule has 19 heavy (non-hydrogen) atoms. The first-order chi connectivity index (χ1) is 9.08. The predicted octanol–water partition coefficient (Wildman–Crippen LogP) is 4.70. The Hall–Kier alpha value is -1.13. The van der Waals surface area contributed by atoms with E-state index in [1.807, 2.05) is 49.4 Å². The lowest BCUT2D eigenvalue weighted by Crippen LogP contribution is -2.26. The molecule has 0 spiro atoms. The maximum atomic E-state index is 12.2. The fourth-order valence-corrected chi connectivity index (χ4v) is 2.48. The van der Waals surface area contributed by atoms with Gasteiger partial charge in [-0.1, -0.05) is 40.2 Å². The zero-order chi connectivity index (χ0) is 13.8. The lowest BCUT2D eigenvalue weighted by atomic mass is 10.1. The number of halogens is 2. The molecule has 1 amide bonds. The predicted molar refractivity (Wildman–Crippen MR) is 84.2 cm³/mol. The van der Waals surface area contributed by atoms with Gasteiger partial charge in [0.1, 0.15) is 0 Å². The van der Waals surface area contributed by atoms with Gasteiger partial charge in [0.25, 0.3) is 5.91 Å². The largest absolute Gasteiger partial charge is 0.345 e. The lowest BCUT2D eigenvalue weighted by molar-refractivity contribution is 0.0939. The Morgan fingerprint density at radius 2 is 1.68 bits per heavy atom. The number of carbonyl (C=O) groups is 1. The molecular formula is C15H13Br2NO. The summed E-state index contributed by atoms with van der Waals surface area (Å²) >= 11 is 6.78. The van der Waals surface area contributed by atoms with Crippen LogP contribution in [-0.2, 0) is 0 Å². The van der Waals surface area contributed by atoms with E-state index in [9.17, 15) is 4.79 Å². The molecule has 0 aliphatic carbocycles. The zero-order valence-corrected chi connectivity index (χ0v) is 13.5. The summed E-state index contributed by atoms with van der Waals surface area (Å²) in [6.07, 6.45) is 0. The molecule has 2 aromatic rings. The highest BCUT2D eigenvalue weighted by molar-refractivity contribution is 9.10. The van der Waals surface area contributed by atoms with E-state index in [2.05, 4.69) is 37.2 Å². The average Bonchev–Trinajstić information content (AvgIpc) is 2.39. The van der Waals surface area contributed by atoms with Gasteiger partial charge in [0.2, 0.25) is 0 Å². The molecule has 0 heterocycles. The molecule has 2 rings (SSSR count). The second-order valence-electron chi connectivity index (χ2n) is 4.23. The Balaban J connectivity index is 2.11. The van der Waals surface area contributed by atoms with Crippen molar-refractivity contribution in [1.29, 1.82) is 0 Å². The first-order valence-corrected chi connectivity index (χ1v) is 7.47. The van der Waals surface area contributed by atoms with Crippen molar-refractivity contribution in [1.82, 2.24) is 5.32 Å². The molecule has 98 valence electrons. The SMILES string of the molecule is C[C@H](NC(=O)c1ccccc1Br)c1ccc(Br)cc1. The molecule has 0 aliphatic heterocycles. The molecule has 2 aromatic carbocycles. The van der Waals surface area contributed by atoms with Gasteiger partial charge >= 0.3 is 0 Å². The van der Waals surface area contributed by atoms with Gasteiger partial charge in [-0.25, -0.2) is 0 Å². The van der Waals surface area contributed by atoms with Gasteiger partial charge in [-0.05, 0) is 52.7 Å². The molecule has 0 saturated heterocycles. The highest BCUT2D eigenvalue weighted by Crippen LogP contribution is 2.19. The monoisotopic (exact) mass is 381 g/mol. The Bertz CT molecular complexity index is 581. The summed E-state index contributed by atoms with van der Waals surface area (Å²) in [6.45, 7) is 1.97. The minimum absolute atomic E-state index is 0.0345. The van der Waals surface area contributed by atoms with Crippen LogP contribution in [0.5, 0.6) is 0 Å². The van der Waals surface area contributed by atoms with Crippen molar-refractivity contribution in [3.05, 3.63) is 68.6 Å². The van der Waals surface area contributed by atoms with Crippen molar-refractivity contribution in [3.8, 4) is 0 Å². The maximum Gasteiger partial charge on any atom is 0.252 e. The summed E-state index contributed by atoms with van der Waals surface area (Å²) in [5.41, 5.74) is 1.72. The highest BCUT2D eigenvalue weighted by Gasteiger charge is 2.13. The number of nitrogens with one attached hydrogen (secondary N) is 1. The number of benzene rings is 2. The summed E-state index contributed by atoms with van der Waals surface area (Å²) in [4.78, 5) is 12.2. The van der Waals surface area contributed by atoms with Crippen LogP contribution in [0.25, 0.3) is 0 Å². The van der Waals surface area contributed by atoms with E-state index in [0.717, 1.165) is 14.5 Å². The van der Waals surface area contributed by atoms with Crippen LogP contribution in [0.1, 0.15) is 28.9 Å². The van der Waals surface area contributed by atoms with Crippen molar-refractivity contribution >= 4 is 37.8 Å². The summed E-state index contributed by atoms with van der Waals surface area (Å²) < 4.78 is 1.83. The van der Waals surface area contributed by atoms with Crippen molar-refractivity contribution in [3.63, 3.8) is 0 Å². The minimum atomic E-state index is -0.0807. The van der Waals surface area contributed by atoms with Gasteiger partial charge in [0.05, 0.1) is 11.6 Å². The van der Waals surface area contributed by atoms with Gasteiger partial charge in [-0.2, -0.15) is 0 Å². The van der Waals surface area contributed by atoms with Gasteiger partial charge in [-0.15, -0.1) is 0 Å². The van der Waals surface area contributed by atoms with Crippen LogP contribution in [0.2, 0.25) is 0 Å². The second kappa shape index (κ2) is 6.35. The zero-order valence-electron chi connectivity index (χ0n) is 10.4. The van der Waals surface area contributed by atoms with Crippen LogP contribution < -0.4 is 5.32 Å². The number of hydrogen-bond acceptors (Lipinski definition) is 1. The van der Waals surface area contributed by atoms with Crippen LogP contribution in [0, 0.1) is 0 Å². The summed E-state index contributed by atoms with van der Waals surface area (Å²) in [7, 11) is 0. The molecule has 0 unspecified atom stereocenters. The lowest BCUT2D eigenvalue weighted by Gasteiger charge is -2.15. The molecular weight excluding hydrogens is 370 g/mol. The fraction of sp³-hybridized carbons (Fsp3) is 0.133. The Labute approximate surface area is 129 Å². The van der Waals surface area contributed by atoms with Gasteiger partial charge in [0, 0.05) is 8.95 Å². The molecule has 1 N–H and O–H groups in total. The number of hydrogen-bond donors (Lipinski definition) is 1. The van der Waals surface area contributed by atoms with E-state index < -0.39 is 0 Å². The van der Waals surface area contributed by atoms with Gasteiger partial charge in [0.15, 0.2) is 0 Å². The van der Waals surface area contributed by atoms with Crippen molar-refractivity contribution < 1.29 is 4.79 Å². The van der Waals surface area contributed by atoms with Crippen LogP contribution in [0.4, 0.5) is 0 Å². The Morgan fingerprint density at radius 3 is 2.32 bits per heavy atom. The maximum absolute atomic E-state index is 12.2. The van der Waals surface area contributed by atoms with Crippen molar-refractivity contribution in [2.75, 3.05) is 0 Å². The average molecular weight is 383 g/mol. The Kier molecular flexibility index (Phi) is 4.77. The van der Waals surface area contributed by atoms with Crippen LogP contribution in [0.15, 0.2) is 57.5 Å². The summed E-state index contributed by atoms with van der Waals surface area (Å²) in [5, 5.41) is 2.99. The fourth-order valence-electron chi connectivity index (χ4n) is 1.75. The van der Waals surface area contributed by atoms with Gasteiger partial charge in [-0.3, -0.25) is 4.79 Å². The van der Waals surface area contributed by atoms with Gasteiger partial charge < -0.3 is 5.32 Å². The normalized spacial score (nSPS) is 11.9. The quantitative estimate of drug-likeness (QED) is 0.818. The third-order valence-electron chi connectivity index (χ3n) is 2.84. The van der Waals surface area contributed by atoms with Crippen LogP contribution in [0.3, 0.4) is 0 Å². The first kappa shape index (κ1) is 14.3. The van der Waals surface area contributed by atoms with Crippen molar-refractivity contribution in [2.45, 2.75) is 13.0 Å². The number of amides is 1. The third-order valence-corrected chi connectivity index (χ3v) is 4.06. The molecule has 4 heteroatoms. The molecule has 0 saturated carbocycles. The molecule has 1 atom stereocenters.